The van der Waals surface area contributed by atoms with Crippen molar-refractivity contribution in [3.63, 3.8) is 0 Å². The fraction of sp³-hybridized carbons (Fsp3) is 0.478. The number of likely N-dealkylation sites (tertiary alicyclic amines) is 1. The van der Waals surface area contributed by atoms with Gasteiger partial charge in [0.05, 0.1) is 28.9 Å². The highest BCUT2D eigenvalue weighted by Crippen LogP contribution is 2.41. The Morgan fingerprint density at radius 2 is 2.00 bits per heavy atom. The number of nitrogens with zero attached hydrogens (tertiary/aromatic N) is 4. The van der Waals surface area contributed by atoms with Gasteiger partial charge in [-0.15, -0.1) is 0 Å². The van der Waals surface area contributed by atoms with Crippen molar-refractivity contribution in [3.05, 3.63) is 35.6 Å². The summed E-state index contributed by atoms with van der Waals surface area (Å²) in [7, 11) is 1.71. The van der Waals surface area contributed by atoms with Gasteiger partial charge in [0, 0.05) is 25.1 Å². The summed E-state index contributed by atoms with van der Waals surface area (Å²) < 4.78 is 14.7. The first-order valence-corrected chi connectivity index (χ1v) is 10.6. The quantitative estimate of drug-likeness (QED) is 0.707. The molecule has 9 heteroatoms. The number of nitriles is 1. The number of carbonyl (C=O) groups excluding carboxylic acids is 1. The van der Waals surface area contributed by atoms with E-state index in [1.165, 1.54) is 12.1 Å². The van der Waals surface area contributed by atoms with Crippen molar-refractivity contribution in [3.8, 4) is 17.3 Å². The van der Waals surface area contributed by atoms with Crippen LogP contribution in [-0.2, 0) is 0 Å². The van der Waals surface area contributed by atoms with Crippen LogP contribution in [-0.4, -0.2) is 47.3 Å². The lowest BCUT2D eigenvalue weighted by Crippen LogP contribution is -2.73. The fourth-order valence-electron chi connectivity index (χ4n) is 4.83. The maximum absolute atomic E-state index is 14.3. The molecule has 1 saturated heterocycles. The lowest BCUT2D eigenvalue weighted by atomic mass is 9.87. The molecule has 0 radical (unpaired) electrons. The molecule has 3 rings (SSSR count). The molecule has 2 aromatic rings. The minimum absolute atomic E-state index is 0.0316. The van der Waals surface area contributed by atoms with Gasteiger partial charge in [0.15, 0.2) is 0 Å². The van der Waals surface area contributed by atoms with Gasteiger partial charge in [-0.1, -0.05) is 6.07 Å². The number of anilines is 1. The SMILES string of the molecule is CNc1nc(-c2ccc(C#N)c(F)c2)cc([N+]2(C(C)(C)C)CC(NC(=O)[O-])CCC2C)n1. The number of carbonyl (C=O) groups is 1. The van der Waals surface area contributed by atoms with Crippen LogP contribution in [0, 0.1) is 17.1 Å². The average molecular weight is 441 g/mol. The molecule has 1 amide bonds. The van der Waals surface area contributed by atoms with Crippen LogP contribution < -0.4 is 20.2 Å². The van der Waals surface area contributed by atoms with Crippen LogP contribution in [0.5, 0.6) is 0 Å². The Balaban J connectivity index is 2.20. The number of aromatic nitrogens is 2. The molecule has 2 heterocycles. The number of benzene rings is 1. The van der Waals surface area contributed by atoms with Crippen LogP contribution in [0.15, 0.2) is 24.3 Å². The van der Waals surface area contributed by atoms with Gasteiger partial charge < -0.3 is 20.5 Å². The Hall–Kier alpha value is -3.25. The van der Waals surface area contributed by atoms with Crippen molar-refractivity contribution in [1.82, 2.24) is 19.8 Å². The maximum Gasteiger partial charge on any atom is 0.233 e. The van der Waals surface area contributed by atoms with E-state index in [0.717, 1.165) is 6.42 Å². The standard InChI is InChI=1S/C23H29FN6O2/c1-14-6-9-17(27-22(31)32)13-30(14,23(2,3)4)20-11-19(28-21(26-5)29-20)15-7-8-16(12-25)18(24)10-15/h7-8,10-11,14,17,27H,6,9,13H2,1-5H3,(H-,26,28,29,31,32). The zero-order chi connectivity index (χ0) is 23.7. The molecule has 0 saturated carbocycles. The fourth-order valence-corrected chi connectivity index (χ4v) is 4.83. The summed E-state index contributed by atoms with van der Waals surface area (Å²) in [5, 5.41) is 25.8. The zero-order valence-corrected chi connectivity index (χ0v) is 19.1. The molecule has 1 aromatic heterocycles. The molecule has 8 nitrogen and oxygen atoms in total. The van der Waals surface area contributed by atoms with Gasteiger partial charge in [-0.25, -0.2) is 9.37 Å². The average Bonchev–Trinajstić information content (AvgIpc) is 2.73. The molecule has 0 bridgehead atoms. The summed E-state index contributed by atoms with van der Waals surface area (Å²) in [6.45, 7) is 8.95. The topological polar surface area (TPSA) is 114 Å². The van der Waals surface area contributed by atoms with Crippen LogP contribution in [0.25, 0.3) is 11.3 Å². The molecular weight excluding hydrogens is 411 g/mol. The summed E-state index contributed by atoms with van der Waals surface area (Å²) in [6.07, 6.45) is 0.217. The number of halogens is 1. The number of amides is 1. The zero-order valence-electron chi connectivity index (χ0n) is 19.1. The molecular formula is C23H29FN6O2. The minimum atomic E-state index is -1.29. The van der Waals surface area contributed by atoms with E-state index in [-0.39, 0.29) is 23.2 Å². The Morgan fingerprint density at radius 3 is 2.56 bits per heavy atom. The number of nitrogens with one attached hydrogen (secondary N) is 2. The van der Waals surface area contributed by atoms with E-state index < -0.39 is 11.9 Å². The first kappa shape index (κ1) is 23.4. The number of piperidine rings is 1. The second-order valence-electron chi connectivity index (χ2n) is 9.27. The molecule has 1 aromatic carbocycles. The maximum atomic E-state index is 14.3. The highest BCUT2D eigenvalue weighted by atomic mass is 19.1. The van der Waals surface area contributed by atoms with Gasteiger partial charge in [-0.3, -0.25) is 4.48 Å². The number of carboxylic acid groups (broad SMARTS) is 1. The molecule has 3 atom stereocenters. The lowest BCUT2D eigenvalue weighted by Gasteiger charge is -2.55. The first-order chi connectivity index (χ1) is 15.0. The predicted octanol–water partition coefficient (Wildman–Crippen LogP) is 2.79. The van der Waals surface area contributed by atoms with Crippen molar-refractivity contribution in [1.29, 1.82) is 5.26 Å². The van der Waals surface area contributed by atoms with Crippen LogP contribution in [0.3, 0.4) is 0 Å². The van der Waals surface area contributed by atoms with Gasteiger partial charge in [0.25, 0.3) is 0 Å². The van der Waals surface area contributed by atoms with Gasteiger partial charge in [-0.05, 0) is 46.2 Å². The minimum Gasteiger partial charge on any atom is -0.530 e. The first-order valence-electron chi connectivity index (χ1n) is 10.6. The van der Waals surface area contributed by atoms with Gasteiger partial charge in [0.1, 0.15) is 24.5 Å². The molecule has 0 spiro atoms. The third-order valence-electron chi connectivity index (χ3n) is 6.44. The van der Waals surface area contributed by atoms with Crippen molar-refractivity contribution in [2.75, 3.05) is 18.9 Å². The van der Waals surface area contributed by atoms with E-state index in [9.17, 15) is 14.3 Å². The third-order valence-corrected chi connectivity index (χ3v) is 6.44. The van der Waals surface area contributed by atoms with E-state index in [2.05, 4.69) is 43.3 Å². The molecule has 1 aliphatic heterocycles. The normalized spacial score (nSPS) is 23.3. The molecule has 3 unspecified atom stereocenters. The van der Waals surface area contributed by atoms with Crippen LogP contribution in [0.2, 0.25) is 0 Å². The second-order valence-corrected chi connectivity index (χ2v) is 9.27. The Bertz CT molecular complexity index is 1060. The Labute approximate surface area is 187 Å². The molecule has 2 N–H and O–H groups in total. The highest BCUT2D eigenvalue weighted by molar-refractivity contribution is 5.66. The number of quaternary nitrogens is 1. The number of rotatable bonds is 4. The molecule has 170 valence electrons. The van der Waals surface area contributed by atoms with Crippen molar-refractivity contribution in [2.24, 2.45) is 0 Å². The van der Waals surface area contributed by atoms with Gasteiger partial charge in [-0.2, -0.15) is 10.2 Å². The van der Waals surface area contributed by atoms with E-state index in [1.807, 2.05) is 12.1 Å². The monoisotopic (exact) mass is 440 g/mol. The van der Waals surface area contributed by atoms with E-state index >= 15 is 0 Å². The van der Waals surface area contributed by atoms with Crippen molar-refractivity contribution in [2.45, 2.75) is 58.2 Å². The van der Waals surface area contributed by atoms with Crippen molar-refractivity contribution < 1.29 is 14.3 Å². The van der Waals surface area contributed by atoms with Crippen LogP contribution in [0.1, 0.15) is 46.1 Å². The molecule has 0 aliphatic carbocycles. The summed E-state index contributed by atoms with van der Waals surface area (Å²) in [5.74, 6) is 0.487. The Kier molecular flexibility index (Phi) is 6.37. The smallest absolute Gasteiger partial charge is 0.233 e. The molecule has 32 heavy (non-hydrogen) atoms. The summed E-state index contributed by atoms with van der Waals surface area (Å²) in [4.78, 5) is 20.5. The number of hydrogen-bond donors (Lipinski definition) is 2. The van der Waals surface area contributed by atoms with Crippen LogP contribution >= 0.6 is 0 Å². The largest absolute Gasteiger partial charge is 0.530 e. The summed E-state index contributed by atoms with van der Waals surface area (Å²) in [5.41, 5.74) is 0.698. The van der Waals surface area contributed by atoms with E-state index in [0.29, 0.717) is 40.5 Å². The summed E-state index contributed by atoms with van der Waals surface area (Å²) in [6, 6.07) is 7.93. The molecule has 1 aliphatic rings. The van der Waals surface area contributed by atoms with Crippen molar-refractivity contribution >= 4 is 17.9 Å². The van der Waals surface area contributed by atoms with Gasteiger partial charge >= 0.3 is 0 Å². The predicted molar refractivity (Wildman–Crippen MR) is 119 cm³/mol. The third kappa shape index (κ3) is 4.23. The molecule has 1 fully saturated rings. The van der Waals surface area contributed by atoms with E-state index in [4.69, 9.17) is 10.2 Å². The van der Waals surface area contributed by atoms with Gasteiger partial charge in [0.2, 0.25) is 11.8 Å². The highest BCUT2D eigenvalue weighted by Gasteiger charge is 2.52. The summed E-state index contributed by atoms with van der Waals surface area (Å²) >= 11 is 0. The lowest BCUT2D eigenvalue weighted by molar-refractivity contribution is -0.252. The number of hydrogen-bond acceptors (Lipinski definition) is 6. The second kappa shape index (κ2) is 8.71. The van der Waals surface area contributed by atoms with E-state index in [1.54, 1.807) is 13.1 Å². The van der Waals surface area contributed by atoms with Crippen LogP contribution in [0.4, 0.5) is 21.0 Å². The Morgan fingerprint density at radius 1 is 1.28 bits per heavy atom.